The van der Waals surface area contributed by atoms with E-state index < -0.39 is 5.91 Å². The summed E-state index contributed by atoms with van der Waals surface area (Å²) in [6.07, 6.45) is 0. The van der Waals surface area contributed by atoms with Crippen LogP contribution >= 0.6 is 11.3 Å². The van der Waals surface area contributed by atoms with Gasteiger partial charge in [-0.25, -0.2) is 4.98 Å². The van der Waals surface area contributed by atoms with Gasteiger partial charge in [0.2, 0.25) is 0 Å². The van der Waals surface area contributed by atoms with Crippen LogP contribution in [0.1, 0.15) is 41.7 Å². The molecule has 108 valence electrons. The minimum atomic E-state index is -0.706. The van der Waals surface area contributed by atoms with Crippen molar-refractivity contribution in [1.82, 2.24) is 4.98 Å². The molecule has 0 radical (unpaired) electrons. The van der Waals surface area contributed by atoms with Gasteiger partial charge in [0, 0.05) is 11.0 Å². The molecule has 0 aliphatic carbocycles. The molecule has 0 fully saturated rings. The summed E-state index contributed by atoms with van der Waals surface area (Å²) in [4.78, 5) is 16.3. The van der Waals surface area contributed by atoms with Gasteiger partial charge in [0.1, 0.15) is 21.7 Å². The number of nitrogens with zero attached hydrogens (tertiary/aromatic N) is 2. The van der Waals surface area contributed by atoms with E-state index >= 15 is 0 Å². The number of hydrogen-bond donors (Lipinski definition) is 2. The summed E-state index contributed by atoms with van der Waals surface area (Å²) in [5, 5.41) is 19.5. The molecule has 1 amide bonds. The number of carbonyl (C=O) groups excluding carboxylic acids is 1. The van der Waals surface area contributed by atoms with Crippen molar-refractivity contribution in [3.05, 3.63) is 34.3 Å². The third kappa shape index (κ3) is 2.88. The van der Waals surface area contributed by atoms with Gasteiger partial charge in [-0.15, -0.1) is 11.3 Å². The van der Waals surface area contributed by atoms with E-state index in [0.717, 1.165) is 5.69 Å². The minimum Gasteiger partial charge on any atom is -0.507 e. The molecule has 0 bridgehead atoms. The van der Waals surface area contributed by atoms with E-state index in [2.05, 4.69) is 11.1 Å². The number of benzene rings is 1. The Morgan fingerprint density at radius 3 is 2.57 bits per heavy atom. The maximum atomic E-state index is 11.3. The van der Waals surface area contributed by atoms with Gasteiger partial charge < -0.3 is 10.8 Å². The van der Waals surface area contributed by atoms with Crippen LogP contribution in [0, 0.1) is 11.3 Å². The predicted molar refractivity (Wildman–Crippen MR) is 81.1 cm³/mol. The fourth-order valence-corrected chi connectivity index (χ4v) is 2.96. The van der Waals surface area contributed by atoms with Crippen LogP contribution in [0.5, 0.6) is 5.75 Å². The Kier molecular flexibility index (Phi) is 3.71. The highest BCUT2D eigenvalue weighted by atomic mass is 32.1. The monoisotopic (exact) mass is 301 g/mol. The van der Waals surface area contributed by atoms with E-state index in [-0.39, 0.29) is 16.7 Å². The summed E-state index contributed by atoms with van der Waals surface area (Å²) in [7, 11) is 0. The zero-order chi connectivity index (χ0) is 15.8. The first-order valence-corrected chi connectivity index (χ1v) is 7.10. The molecule has 6 heteroatoms. The van der Waals surface area contributed by atoms with Crippen LogP contribution in [0.15, 0.2) is 18.2 Å². The van der Waals surface area contributed by atoms with Gasteiger partial charge in [-0.1, -0.05) is 20.8 Å². The van der Waals surface area contributed by atoms with Crippen molar-refractivity contribution in [3.8, 4) is 22.4 Å². The fourth-order valence-electron chi connectivity index (χ4n) is 1.89. The summed E-state index contributed by atoms with van der Waals surface area (Å²) < 4.78 is 0. The Balaban J connectivity index is 2.59. The van der Waals surface area contributed by atoms with Crippen LogP contribution in [0.2, 0.25) is 0 Å². The molecule has 0 atom stereocenters. The summed E-state index contributed by atoms with van der Waals surface area (Å²) in [6.45, 7) is 5.95. The lowest BCUT2D eigenvalue weighted by atomic mass is 9.91. The molecule has 0 spiro atoms. The first kappa shape index (κ1) is 15.0. The molecule has 3 N–H and O–H groups in total. The van der Waals surface area contributed by atoms with Crippen molar-refractivity contribution in [2.24, 2.45) is 5.73 Å². The summed E-state index contributed by atoms with van der Waals surface area (Å²) >= 11 is 1.26. The van der Waals surface area contributed by atoms with E-state index in [9.17, 15) is 15.2 Å². The molecular formula is C15H15N3O2S. The Labute approximate surface area is 126 Å². The third-order valence-corrected chi connectivity index (χ3v) is 3.96. The topological polar surface area (TPSA) is 100 Å². The molecule has 1 aromatic carbocycles. The third-order valence-electron chi connectivity index (χ3n) is 2.95. The molecule has 2 rings (SSSR count). The zero-order valence-electron chi connectivity index (χ0n) is 12.0. The molecule has 5 nitrogen and oxygen atoms in total. The standard InChI is InChI=1S/C15H15N3O2S/c1-15(2,3)12-11(7-16)21-14(18-12)8-4-5-10(19)9(6-8)13(17)20/h4-6,19H,1-3H3,(H2,17,20). The lowest BCUT2D eigenvalue weighted by Crippen LogP contribution is -2.13. The molecule has 21 heavy (non-hydrogen) atoms. The smallest absolute Gasteiger partial charge is 0.252 e. The van der Waals surface area contributed by atoms with E-state index in [0.29, 0.717) is 15.4 Å². The van der Waals surface area contributed by atoms with Crippen LogP contribution in [0.3, 0.4) is 0 Å². The number of primary amides is 1. The number of nitriles is 1. The lowest BCUT2D eigenvalue weighted by molar-refractivity contribution is 0.0998. The SMILES string of the molecule is CC(C)(C)c1nc(-c2ccc(O)c(C(N)=O)c2)sc1C#N. The molecule has 1 heterocycles. The molecule has 0 aliphatic heterocycles. The number of rotatable bonds is 2. The van der Waals surface area contributed by atoms with E-state index in [1.807, 2.05) is 20.8 Å². The second kappa shape index (κ2) is 5.19. The highest BCUT2D eigenvalue weighted by Crippen LogP contribution is 2.35. The Morgan fingerprint density at radius 2 is 2.10 bits per heavy atom. The quantitative estimate of drug-likeness (QED) is 0.890. The maximum Gasteiger partial charge on any atom is 0.252 e. The number of hydrogen-bond acceptors (Lipinski definition) is 5. The van der Waals surface area contributed by atoms with E-state index in [1.54, 1.807) is 6.07 Å². The van der Waals surface area contributed by atoms with Gasteiger partial charge in [0.25, 0.3) is 5.91 Å². The number of nitrogens with two attached hydrogens (primary N) is 1. The minimum absolute atomic E-state index is 0.0403. The van der Waals surface area contributed by atoms with Crippen LogP contribution in [0.4, 0.5) is 0 Å². The summed E-state index contributed by atoms with van der Waals surface area (Å²) in [5.41, 5.74) is 6.39. The number of thiazole rings is 1. The van der Waals surface area contributed by atoms with Gasteiger partial charge in [-0.3, -0.25) is 4.79 Å². The van der Waals surface area contributed by atoms with Gasteiger partial charge in [-0.05, 0) is 18.2 Å². The van der Waals surface area contributed by atoms with Crippen molar-refractivity contribution in [2.45, 2.75) is 26.2 Å². The van der Waals surface area contributed by atoms with Crippen molar-refractivity contribution in [1.29, 1.82) is 5.26 Å². The maximum absolute atomic E-state index is 11.3. The van der Waals surface area contributed by atoms with Crippen LogP contribution in [0.25, 0.3) is 10.6 Å². The Morgan fingerprint density at radius 1 is 1.43 bits per heavy atom. The molecular weight excluding hydrogens is 286 g/mol. The first-order chi connectivity index (χ1) is 9.74. The van der Waals surface area contributed by atoms with Crippen molar-refractivity contribution in [2.75, 3.05) is 0 Å². The highest BCUT2D eigenvalue weighted by molar-refractivity contribution is 7.15. The van der Waals surface area contributed by atoms with Crippen molar-refractivity contribution in [3.63, 3.8) is 0 Å². The van der Waals surface area contributed by atoms with Gasteiger partial charge in [-0.2, -0.15) is 5.26 Å². The van der Waals surface area contributed by atoms with Gasteiger partial charge >= 0.3 is 0 Å². The molecule has 0 aliphatic rings. The van der Waals surface area contributed by atoms with Crippen LogP contribution < -0.4 is 5.73 Å². The van der Waals surface area contributed by atoms with Crippen molar-refractivity contribution < 1.29 is 9.90 Å². The van der Waals surface area contributed by atoms with Crippen LogP contribution in [-0.4, -0.2) is 16.0 Å². The highest BCUT2D eigenvalue weighted by Gasteiger charge is 2.24. The largest absolute Gasteiger partial charge is 0.507 e. The molecule has 0 unspecified atom stereocenters. The Hall–Kier alpha value is -2.39. The van der Waals surface area contributed by atoms with E-state index in [4.69, 9.17) is 5.73 Å². The molecule has 1 aromatic heterocycles. The van der Waals surface area contributed by atoms with Crippen molar-refractivity contribution >= 4 is 17.2 Å². The predicted octanol–water partition coefficient (Wildman–Crippen LogP) is 2.78. The van der Waals surface area contributed by atoms with Gasteiger partial charge in [0.05, 0.1) is 11.3 Å². The van der Waals surface area contributed by atoms with Gasteiger partial charge in [0.15, 0.2) is 0 Å². The number of aromatic nitrogens is 1. The lowest BCUT2D eigenvalue weighted by Gasteiger charge is -2.15. The average Bonchev–Trinajstić information content (AvgIpc) is 2.83. The number of aromatic hydroxyl groups is 1. The van der Waals surface area contributed by atoms with E-state index in [1.165, 1.54) is 23.5 Å². The number of phenols is 1. The molecule has 0 saturated carbocycles. The second-order valence-electron chi connectivity index (χ2n) is 5.65. The second-order valence-corrected chi connectivity index (χ2v) is 6.65. The number of carbonyl (C=O) groups is 1. The molecule has 0 saturated heterocycles. The van der Waals surface area contributed by atoms with Crippen LogP contribution in [-0.2, 0) is 5.41 Å². The Bertz CT molecular complexity index is 751. The summed E-state index contributed by atoms with van der Waals surface area (Å²) in [6, 6.07) is 6.70. The average molecular weight is 301 g/mol. The normalized spacial score (nSPS) is 11.1. The first-order valence-electron chi connectivity index (χ1n) is 6.28. The fraction of sp³-hybridized carbons (Fsp3) is 0.267. The summed E-state index contributed by atoms with van der Waals surface area (Å²) in [5.74, 6) is -0.873. The zero-order valence-corrected chi connectivity index (χ0v) is 12.8. The number of amides is 1. The molecule has 2 aromatic rings.